The van der Waals surface area contributed by atoms with Crippen LogP contribution in [-0.4, -0.2) is 31.1 Å². The maximum absolute atomic E-state index is 12.8. The first-order valence-electron chi connectivity index (χ1n) is 8.38. The molecular formula is C19H14N4O4S. The number of ketones is 1. The van der Waals surface area contributed by atoms with E-state index in [1.54, 1.807) is 25.3 Å². The van der Waals surface area contributed by atoms with Gasteiger partial charge in [-0.3, -0.25) is 14.9 Å². The molecule has 0 saturated carbocycles. The van der Waals surface area contributed by atoms with Crippen LogP contribution in [0.25, 0.3) is 22.4 Å². The molecule has 1 atom stereocenters. The van der Waals surface area contributed by atoms with Crippen LogP contribution in [0.4, 0.5) is 5.69 Å². The Morgan fingerprint density at radius 1 is 1.21 bits per heavy atom. The molecule has 0 fully saturated rings. The van der Waals surface area contributed by atoms with Crippen molar-refractivity contribution in [3.8, 4) is 11.5 Å². The number of nitrogens with zero attached hydrogens (tertiary/aromatic N) is 3. The number of para-hydroxylation sites is 1. The molecule has 0 aliphatic rings. The number of aromatic nitrogens is 3. The molecule has 1 N–H and O–H groups in total. The third-order valence-corrected chi connectivity index (χ3v) is 5.15. The fourth-order valence-electron chi connectivity index (χ4n) is 2.83. The zero-order valence-electron chi connectivity index (χ0n) is 14.7. The van der Waals surface area contributed by atoms with Crippen molar-refractivity contribution in [2.75, 3.05) is 0 Å². The van der Waals surface area contributed by atoms with Crippen molar-refractivity contribution < 1.29 is 14.1 Å². The van der Waals surface area contributed by atoms with E-state index in [9.17, 15) is 14.9 Å². The Bertz CT molecular complexity index is 1180. The SMILES string of the molecule is C[C@H](Sc1nnc(-c2cccc([N+](=O)[O-])c2)o1)C(=O)c1c[nH]c2ccccc12. The number of hydrogen-bond acceptors (Lipinski definition) is 7. The molecule has 140 valence electrons. The summed E-state index contributed by atoms with van der Waals surface area (Å²) in [4.78, 5) is 26.3. The van der Waals surface area contributed by atoms with Gasteiger partial charge in [0.1, 0.15) is 0 Å². The maximum atomic E-state index is 12.8. The lowest BCUT2D eigenvalue weighted by molar-refractivity contribution is -0.384. The third kappa shape index (κ3) is 3.39. The van der Waals surface area contributed by atoms with Gasteiger partial charge < -0.3 is 9.40 Å². The number of benzene rings is 2. The van der Waals surface area contributed by atoms with Crippen LogP contribution in [0, 0.1) is 10.1 Å². The van der Waals surface area contributed by atoms with Crippen LogP contribution in [0.2, 0.25) is 0 Å². The minimum atomic E-state index is -0.489. The Hall–Kier alpha value is -3.46. The second-order valence-electron chi connectivity index (χ2n) is 6.05. The van der Waals surface area contributed by atoms with Crippen LogP contribution >= 0.6 is 11.8 Å². The van der Waals surface area contributed by atoms with Crippen LogP contribution in [0.1, 0.15) is 17.3 Å². The molecule has 0 radical (unpaired) electrons. The fourth-order valence-corrected chi connectivity index (χ4v) is 3.58. The van der Waals surface area contributed by atoms with Gasteiger partial charge in [-0.1, -0.05) is 36.0 Å². The van der Waals surface area contributed by atoms with E-state index in [1.807, 2.05) is 24.3 Å². The highest BCUT2D eigenvalue weighted by Gasteiger charge is 2.22. The van der Waals surface area contributed by atoms with E-state index in [4.69, 9.17) is 4.42 Å². The topological polar surface area (TPSA) is 115 Å². The van der Waals surface area contributed by atoms with Gasteiger partial charge in [0.25, 0.3) is 10.9 Å². The van der Waals surface area contributed by atoms with Crippen molar-refractivity contribution in [1.82, 2.24) is 15.2 Å². The van der Waals surface area contributed by atoms with Crippen LogP contribution in [0.3, 0.4) is 0 Å². The molecule has 9 heteroatoms. The molecule has 8 nitrogen and oxygen atoms in total. The highest BCUT2D eigenvalue weighted by atomic mass is 32.2. The molecule has 2 heterocycles. The minimum absolute atomic E-state index is 0.0578. The van der Waals surface area contributed by atoms with Gasteiger partial charge in [0.15, 0.2) is 5.78 Å². The van der Waals surface area contributed by atoms with Gasteiger partial charge in [0, 0.05) is 40.4 Å². The normalized spacial score (nSPS) is 12.2. The first-order chi connectivity index (χ1) is 13.5. The summed E-state index contributed by atoms with van der Waals surface area (Å²) in [6, 6.07) is 13.5. The van der Waals surface area contributed by atoms with Crippen LogP contribution in [0.15, 0.2) is 64.4 Å². The number of carbonyl (C=O) groups excluding carboxylic acids is 1. The lowest BCUT2D eigenvalue weighted by Gasteiger charge is -2.06. The number of hydrogen-bond donors (Lipinski definition) is 1. The molecule has 4 rings (SSSR count). The lowest BCUT2D eigenvalue weighted by Crippen LogP contribution is -2.13. The highest BCUT2D eigenvalue weighted by molar-refractivity contribution is 8.00. The largest absolute Gasteiger partial charge is 0.411 e. The van der Waals surface area contributed by atoms with Crippen molar-refractivity contribution in [2.45, 2.75) is 17.4 Å². The van der Waals surface area contributed by atoms with Gasteiger partial charge in [-0.25, -0.2) is 0 Å². The summed E-state index contributed by atoms with van der Waals surface area (Å²) < 4.78 is 5.59. The predicted octanol–water partition coefficient (Wildman–Crippen LogP) is 4.49. The van der Waals surface area contributed by atoms with Gasteiger partial charge in [0.05, 0.1) is 10.2 Å². The van der Waals surface area contributed by atoms with Crippen molar-refractivity contribution in [3.05, 3.63) is 70.4 Å². The second kappa shape index (κ2) is 7.28. The lowest BCUT2D eigenvalue weighted by atomic mass is 10.1. The molecule has 0 unspecified atom stereocenters. The molecule has 0 spiro atoms. The number of non-ortho nitro benzene ring substituents is 1. The van der Waals surface area contributed by atoms with E-state index >= 15 is 0 Å². The summed E-state index contributed by atoms with van der Waals surface area (Å²) in [5.41, 5.74) is 1.89. The Kier molecular flexibility index (Phi) is 4.66. The molecule has 0 aliphatic heterocycles. The molecule has 2 aromatic carbocycles. The average Bonchev–Trinajstić information content (AvgIpc) is 3.34. The summed E-state index contributed by atoms with van der Waals surface area (Å²) in [6.45, 7) is 1.77. The predicted molar refractivity (Wildman–Crippen MR) is 104 cm³/mol. The standard InChI is InChI=1S/C19H14N4O4S/c1-11(17(24)15-10-20-16-8-3-2-7-14(15)16)28-19-22-21-18(27-19)12-5-4-6-13(9-12)23(25)26/h2-11,20H,1H3/t11-/m0/s1. The summed E-state index contributed by atoms with van der Waals surface area (Å²) in [6.07, 6.45) is 1.70. The molecule has 4 aromatic rings. The minimum Gasteiger partial charge on any atom is -0.411 e. The van der Waals surface area contributed by atoms with Crippen molar-refractivity contribution in [2.24, 2.45) is 0 Å². The number of nitro benzene ring substituents is 1. The number of H-pyrrole nitrogens is 1. The maximum Gasteiger partial charge on any atom is 0.277 e. The molecule has 0 bridgehead atoms. The second-order valence-corrected chi connectivity index (χ2v) is 7.34. The van der Waals surface area contributed by atoms with E-state index in [-0.39, 0.29) is 22.6 Å². The van der Waals surface area contributed by atoms with Gasteiger partial charge in [-0.2, -0.15) is 0 Å². The Morgan fingerprint density at radius 3 is 2.86 bits per heavy atom. The van der Waals surface area contributed by atoms with Gasteiger partial charge >= 0.3 is 0 Å². The number of nitrogens with one attached hydrogen (secondary N) is 1. The number of rotatable bonds is 6. The number of Topliss-reactive ketones (excluding diaryl/α,β-unsaturated/α-hetero) is 1. The first-order valence-corrected chi connectivity index (χ1v) is 9.26. The van der Waals surface area contributed by atoms with Crippen LogP contribution in [-0.2, 0) is 0 Å². The van der Waals surface area contributed by atoms with E-state index in [0.717, 1.165) is 22.7 Å². The summed E-state index contributed by atoms with van der Waals surface area (Å²) >= 11 is 1.15. The zero-order valence-corrected chi connectivity index (χ0v) is 15.5. The Morgan fingerprint density at radius 2 is 2.04 bits per heavy atom. The third-order valence-electron chi connectivity index (χ3n) is 4.21. The molecule has 2 aromatic heterocycles. The first kappa shape index (κ1) is 17.9. The molecule has 28 heavy (non-hydrogen) atoms. The highest BCUT2D eigenvalue weighted by Crippen LogP contribution is 2.30. The fraction of sp³-hybridized carbons (Fsp3) is 0.105. The van der Waals surface area contributed by atoms with Gasteiger partial charge in [-0.15, -0.1) is 10.2 Å². The number of nitro groups is 1. The zero-order chi connectivity index (χ0) is 19.7. The molecule has 0 saturated heterocycles. The Balaban J connectivity index is 1.53. The van der Waals surface area contributed by atoms with Crippen molar-refractivity contribution in [3.63, 3.8) is 0 Å². The molecule has 0 amide bonds. The summed E-state index contributed by atoms with van der Waals surface area (Å²) in [7, 11) is 0. The number of thioether (sulfide) groups is 1. The quantitative estimate of drug-likeness (QED) is 0.222. The molecular weight excluding hydrogens is 380 g/mol. The van der Waals surface area contributed by atoms with E-state index < -0.39 is 10.2 Å². The van der Waals surface area contributed by atoms with Crippen LogP contribution < -0.4 is 0 Å². The number of carbonyl (C=O) groups is 1. The van der Waals surface area contributed by atoms with E-state index in [2.05, 4.69) is 15.2 Å². The van der Waals surface area contributed by atoms with Crippen molar-refractivity contribution >= 4 is 34.1 Å². The van der Waals surface area contributed by atoms with Gasteiger partial charge in [-0.05, 0) is 19.1 Å². The summed E-state index contributed by atoms with van der Waals surface area (Å²) in [5, 5.41) is 19.4. The average molecular weight is 394 g/mol. The van der Waals surface area contributed by atoms with E-state index in [1.165, 1.54) is 12.1 Å². The van der Waals surface area contributed by atoms with E-state index in [0.29, 0.717) is 11.1 Å². The number of aromatic amines is 1. The number of fused-ring (bicyclic) bond motifs is 1. The van der Waals surface area contributed by atoms with Crippen LogP contribution in [0.5, 0.6) is 0 Å². The summed E-state index contributed by atoms with van der Waals surface area (Å²) in [5.74, 6) is 0.107. The van der Waals surface area contributed by atoms with Gasteiger partial charge in [0.2, 0.25) is 5.89 Å². The van der Waals surface area contributed by atoms with Crippen molar-refractivity contribution in [1.29, 1.82) is 0 Å². The Labute approximate surface area is 163 Å². The monoisotopic (exact) mass is 394 g/mol. The molecule has 0 aliphatic carbocycles. The smallest absolute Gasteiger partial charge is 0.277 e.